The summed E-state index contributed by atoms with van der Waals surface area (Å²) in [6.45, 7) is 2.55. The molecule has 1 rings (SSSR count). The number of aromatic hydroxyl groups is 1. The topological polar surface area (TPSA) is 228 Å². The number of aliphatic hydroxyl groups excluding tert-OH is 1. The lowest BCUT2D eigenvalue weighted by molar-refractivity contribution is -0.142. The van der Waals surface area contributed by atoms with Crippen LogP contribution >= 0.6 is 0 Å². The molecule has 13 heteroatoms. The van der Waals surface area contributed by atoms with E-state index >= 15 is 0 Å². The van der Waals surface area contributed by atoms with Crippen molar-refractivity contribution in [2.75, 3.05) is 0 Å². The second-order valence-electron chi connectivity index (χ2n) is 7.76. The number of aliphatic carboxylic acids is 2. The third-order valence-electron chi connectivity index (χ3n) is 4.85. The lowest BCUT2D eigenvalue weighted by Crippen LogP contribution is -2.57. The number of nitrogens with one attached hydrogen (secondary N) is 3. The van der Waals surface area contributed by atoms with Crippen molar-refractivity contribution in [1.29, 1.82) is 0 Å². The zero-order valence-electron chi connectivity index (χ0n) is 18.7. The van der Waals surface area contributed by atoms with Gasteiger partial charge in [-0.05, 0) is 38.0 Å². The minimum atomic E-state index is -1.36. The maximum atomic E-state index is 12.6. The molecule has 0 spiro atoms. The van der Waals surface area contributed by atoms with Gasteiger partial charge in [0.05, 0.1) is 6.10 Å². The molecule has 9 N–H and O–H groups in total. The summed E-state index contributed by atoms with van der Waals surface area (Å²) in [5.41, 5.74) is 6.06. The van der Waals surface area contributed by atoms with Crippen molar-refractivity contribution in [3.63, 3.8) is 0 Å². The molecule has 188 valence electrons. The molecule has 0 aliphatic heterocycles. The van der Waals surface area contributed by atoms with Crippen LogP contribution in [0, 0.1) is 0 Å². The molecule has 0 radical (unpaired) electrons. The molecule has 1 aromatic carbocycles. The molecule has 0 aliphatic carbocycles. The van der Waals surface area contributed by atoms with Crippen LogP contribution in [0.3, 0.4) is 0 Å². The van der Waals surface area contributed by atoms with Gasteiger partial charge in [-0.15, -0.1) is 0 Å². The van der Waals surface area contributed by atoms with E-state index in [1.807, 2.05) is 0 Å². The van der Waals surface area contributed by atoms with Crippen LogP contribution in [-0.2, 0) is 30.4 Å². The van der Waals surface area contributed by atoms with Crippen molar-refractivity contribution in [1.82, 2.24) is 16.0 Å². The summed E-state index contributed by atoms with van der Waals surface area (Å²) in [4.78, 5) is 59.6. The Bertz CT molecular complexity index is 889. The van der Waals surface area contributed by atoms with Crippen molar-refractivity contribution < 1.29 is 44.4 Å². The van der Waals surface area contributed by atoms with Gasteiger partial charge in [-0.25, -0.2) is 4.79 Å². The Morgan fingerprint density at radius 1 is 0.882 bits per heavy atom. The fraction of sp³-hybridized carbons (Fsp3) is 0.476. The SMILES string of the molecule is CC(NC(=O)C(CCC(=O)O)NC(=O)C(N)C(C)O)C(=O)NC(Cc1ccc(O)cc1)C(=O)O. The van der Waals surface area contributed by atoms with Gasteiger partial charge < -0.3 is 42.1 Å². The number of hydrogen-bond donors (Lipinski definition) is 8. The summed E-state index contributed by atoms with van der Waals surface area (Å²) < 4.78 is 0. The highest BCUT2D eigenvalue weighted by atomic mass is 16.4. The van der Waals surface area contributed by atoms with Gasteiger partial charge in [-0.3, -0.25) is 19.2 Å². The zero-order chi connectivity index (χ0) is 26.0. The molecule has 0 bridgehead atoms. The average molecular weight is 482 g/mol. The third kappa shape index (κ3) is 9.42. The monoisotopic (exact) mass is 482 g/mol. The van der Waals surface area contributed by atoms with E-state index in [0.717, 1.165) is 0 Å². The van der Waals surface area contributed by atoms with Crippen molar-refractivity contribution in [3.05, 3.63) is 29.8 Å². The summed E-state index contributed by atoms with van der Waals surface area (Å²) in [5, 5.41) is 43.9. The van der Waals surface area contributed by atoms with Gasteiger partial charge in [0.1, 0.15) is 29.9 Å². The number of hydrogen-bond acceptors (Lipinski definition) is 8. The van der Waals surface area contributed by atoms with E-state index in [-0.39, 0.29) is 18.6 Å². The fourth-order valence-corrected chi connectivity index (χ4v) is 2.77. The lowest BCUT2D eigenvalue weighted by atomic mass is 10.1. The Morgan fingerprint density at radius 2 is 1.44 bits per heavy atom. The maximum absolute atomic E-state index is 12.6. The second-order valence-corrected chi connectivity index (χ2v) is 7.76. The minimum Gasteiger partial charge on any atom is -0.508 e. The van der Waals surface area contributed by atoms with Crippen LogP contribution < -0.4 is 21.7 Å². The number of carboxylic acid groups (broad SMARTS) is 2. The quantitative estimate of drug-likeness (QED) is 0.155. The standard InChI is InChI=1S/C21H30N4O9/c1-10(18(30)25-15(21(33)34)9-12-3-5-13(27)6-4-12)23-19(31)14(7-8-16(28)29)24-20(32)17(22)11(2)26/h3-6,10-11,14-15,17,26-27H,7-9,22H2,1-2H3,(H,23,31)(H,24,32)(H,25,30)(H,28,29)(H,33,34). The number of aliphatic hydroxyl groups is 1. The summed E-state index contributed by atoms with van der Waals surface area (Å²) in [5.74, 6) is -5.16. The van der Waals surface area contributed by atoms with Gasteiger partial charge in [-0.1, -0.05) is 12.1 Å². The van der Waals surface area contributed by atoms with E-state index in [1.54, 1.807) is 0 Å². The van der Waals surface area contributed by atoms with Gasteiger partial charge in [0, 0.05) is 12.8 Å². The Labute approximate surface area is 195 Å². The number of carbonyl (C=O) groups is 5. The van der Waals surface area contributed by atoms with Crippen LogP contribution in [0.2, 0.25) is 0 Å². The molecule has 0 aromatic heterocycles. The third-order valence-corrected chi connectivity index (χ3v) is 4.85. The van der Waals surface area contributed by atoms with Crippen LogP contribution in [0.15, 0.2) is 24.3 Å². The number of phenols is 1. The highest BCUT2D eigenvalue weighted by Gasteiger charge is 2.29. The molecule has 0 fully saturated rings. The van der Waals surface area contributed by atoms with E-state index in [1.165, 1.54) is 38.1 Å². The summed E-state index contributed by atoms with van der Waals surface area (Å²) >= 11 is 0. The number of rotatable bonds is 13. The first kappa shape index (κ1) is 28.3. The first-order valence-electron chi connectivity index (χ1n) is 10.4. The summed E-state index contributed by atoms with van der Waals surface area (Å²) in [6, 6.07) is 0.439. The van der Waals surface area contributed by atoms with E-state index in [2.05, 4.69) is 16.0 Å². The number of nitrogens with two attached hydrogens (primary N) is 1. The predicted molar refractivity (Wildman–Crippen MR) is 117 cm³/mol. The fourth-order valence-electron chi connectivity index (χ4n) is 2.77. The molecular formula is C21H30N4O9. The average Bonchev–Trinajstić information content (AvgIpc) is 2.76. The number of phenolic OH excluding ortho intramolecular Hbond substituents is 1. The van der Waals surface area contributed by atoms with Crippen molar-refractivity contribution in [2.45, 2.75) is 63.4 Å². The first-order chi connectivity index (χ1) is 15.8. The van der Waals surface area contributed by atoms with Crippen molar-refractivity contribution in [3.8, 4) is 5.75 Å². The van der Waals surface area contributed by atoms with Crippen LogP contribution in [0.1, 0.15) is 32.3 Å². The highest BCUT2D eigenvalue weighted by molar-refractivity contribution is 5.94. The second kappa shape index (κ2) is 13.1. The largest absolute Gasteiger partial charge is 0.508 e. The first-order valence-corrected chi connectivity index (χ1v) is 10.4. The maximum Gasteiger partial charge on any atom is 0.326 e. The molecule has 0 saturated heterocycles. The van der Waals surface area contributed by atoms with Crippen LogP contribution in [0.25, 0.3) is 0 Å². The Hall–Kier alpha value is -3.71. The molecule has 0 aliphatic rings. The Morgan fingerprint density at radius 3 is 1.94 bits per heavy atom. The molecule has 5 unspecified atom stereocenters. The highest BCUT2D eigenvalue weighted by Crippen LogP contribution is 2.11. The van der Waals surface area contributed by atoms with Crippen LogP contribution in [0.5, 0.6) is 5.75 Å². The van der Waals surface area contributed by atoms with Crippen LogP contribution in [0.4, 0.5) is 0 Å². The van der Waals surface area contributed by atoms with Crippen molar-refractivity contribution in [2.24, 2.45) is 5.73 Å². The Balaban J connectivity index is 2.82. The van der Waals surface area contributed by atoms with Gasteiger partial charge >= 0.3 is 11.9 Å². The molecule has 1 aromatic rings. The molecular weight excluding hydrogens is 452 g/mol. The molecule has 0 heterocycles. The molecule has 13 nitrogen and oxygen atoms in total. The Kier molecular flexibility index (Phi) is 10.9. The van der Waals surface area contributed by atoms with E-state index < -0.39 is 66.4 Å². The summed E-state index contributed by atoms with van der Waals surface area (Å²) in [6.07, 6.45) is -2.10. The van der Waals surface area contributed by atoms with Crippen LogP contribution in [-0.4, -0.2) is 80.4 Å². The number of carboxylic acids is 2. The minimum absolute atomic E-state index is 0.00468. The predicted octanol–water partition coefficient (Wildman–Crippen LogP) is -1.93. The molecule has 5 atom stereocenters. The van der Waals surface area contributed by atoms with E-state index in [9.17, 15) is 39.3 Å². The van der Waals surface area contributed by atoms with E-state index in [4.69, 9.17) is 10.8 Å². The molecule has 0 saturated carbocycles. The van der Waals surface area contributed by atoms with Gasteiger partial charge in [0.2, 0.25) is 17.7 Å². The van der Waals surface area contributed by atoms with Gasteiger partial charge in [-0.2, -0.15) is 0 Å². The molecule has 34 heavy (non-hydrogen) atoms. The lowest BCUT2D eigenvalue weighted by Gasteiger charge is -2.24. The van der Waals surface area contributed by atoms with Crippen molar-refractivity contribution >= 4 is 29.7 Å². The number of carbonyl (C=O) groups excluding carboxylic acids is 3. The smallest absolute Gasteiger partial charge is 0.326 e. The number of benzene rings is 1. The van der Waals surface area contributed by atoms with Gasteiger partial charge in [0.15, 0.2) is 0 Å². The zero-order valence-corrected chi connectivity index (χ0v) is 18.7. The number of amides is 3. The van der Waals surface area contributed by atoms with Gasteiger partial charge in [0.25, 0.3) is 0 Å². The van der Waals surface area contributed by atoms with E-state index in [0.29, 0.717) is 5.56 Å². The summed E-state index contributed by atoms with van der Waals surface area (Å²) in [7, 11) is 0. The normalized spacial score (nSPS) is 15.2. The molecule has 3 amide bonds.